The van der Waals surface area contributed by atoms with Crippen LogP contribution in [-0.2, 0) is 6.18 Å². The average molecular weight is 225 g/mol. The second kappa shape index (κ2) is 4.23. The summed E-state index contributed by atoms with van der Waals surface area (Å²) in [6, 6.07) is 2.32. The van der Waals surface area contributed by atoms with E-state index >= 15 is 0 Å². The Labute approximate surface area is 81.5 Å². The Balaban J connectivity index is 3.05. The minimum absolute atomic E-state index is 0.0162. The van der Waals surface area contributed by atoms with Crippen molar-refractivity contribution in [1.29, 1.82) is 0 Å². The lowest BCUT2D eigenvalue weighted by atomic mass is 10.3. The van der Waals surface area contributed by atoms with Crippen molar-refractivity contribution in [3.8, 4) is 0 Å². The van der Waals surface area contributed by atoms with Crippen molar-refractivity contribution in [3.63, 3.8) is 0 Å². The number of alkyl halides is 3. The first-order chi connectivity index (χ1) is 6.05. The van der Waals surface area contributed by atoms with Gasteiger partial charge in [-0.25, -0.2) is 4.98 Å². The average Bonchev–Trinajstić information content (AvgIpc) is 2.04. The Morgan fingerprint density at radius 1 is 1.38 bits per heavy atom. The van der Waals surface area contributed by atoms with Gasteiger partial charge < -0.3 is 0 Å². The number of pyridine rings is 1. The van der Waals surface area contributed by atoms with Crippen LogP contribution in [0.2, 0.25) is 0 Å². The van der Waals surface area contributed by atoms with Gasteiger partial charge in [0.25, 0.3) is 0 Å². The van der Waals surface area contributed by atoms with Gasteiger partial charge in [0.05, 0.1) is 5.56 Å². The van der Waals surface area contributed by atoms with E-state index in [1.807, 2.05) is 0 Å². The molecule has 0 saturated carbocycles. The Morgan fingerprint density at radius 2 is 2.08 bits per heavy atom. The van der Waals surface area contributed by atoms with E-state index in [0.29, 0.717) is 0 Å². The van der Waals surface area contributed by atoms with Crippen LogP contribution in [-0.4, -0.2) is 11.2 Å². The van der Waals surface area contributed by atoms with Crippen molar-refractivity contribution in [2.24, 2.45) is 0 Å². The second-order valence-electron chi connectivity index (χ2n) is 2.10. The van der Waals surface area contributed by atoms with E-state index in [9.17, 15) is 13.2 Å². The Bertz CT molecular complexity index is 287. The van der Waals surface area contributed by atoms with Crippen molar-refractivity contribution in [1.82, 2.24) is 4.98 Å². The fourth-order valence-electron chi connectivity index (χ4n) is 0.752. The van der Waals surface area contributed by atoms with Gasteiger partial charge in [-0.05, 0) is 29.2 Å². The van der Waals surface area contributed by atoms with E-state index in [2.05, 4.69) is 4.98 Å². The Hall–Kier alpha value is -0.360. The first-order valence-electron chi connectivity index (χ1n) is 3.28. The van der Waals surface area contributed by atoms with Crippen LogP contribution < -0.4 is 0 Å². The van der Waals surface area contributed by atoms with Gasteiger partial charge in [0, 0.05) is 6.20 Å². The molecule has 72 valence electrons. The van der Waals surface area contributed by atoms with Crippen LogP contribution >= 0.6 is 21.6 Å². The largest absolute Gasteiger partial charge is 0.419 e. The van der Waals surface area contributed by atoms with E-state index in [0.717, 1.165) is 16.9 Å². The molecule has 0 aliphatic heterocycles. The third-order valence-corrected chi connectivity index (χ3v) is 2.86. The number of hydrogen-bond donors (Lipinski definition) is 0. The predicted molar refractivity (Wildman–Crippen MR) is 48.6 cm³/mol. The summed E-state index contributed by atoms with van der Waals surface area (Å²) in [7, 11) is 2.25. The van der Waals surface area contributed by atoms with E-state index in [1.165, 1.54) is 23.1 Å². The molecule has 0 aliphatic carbocycles. The van der Waals surface area contributed by atoms with Crippen LogP contribution in [0.1, 0.15) is 5.56 Å². The molecule has 0 amide bonds. The lowest BCUT2D eigenvalue weighted by Gasteiger charge is -2.09. The zero-order valence-corrected chi connectivity index (χ0v) is 8.26. The lowest BCUT2D eigenvalue weighted by molar-refractivity contribution is -0.140. The number of hydrogen-bond acceptors (Lipinski definition) is 3. The predicted octanol–water partition coefficient (Wildman–Crippen LogP) is 3.47. The van der Waals surface area contributed by atoms with Gasteiger partial charge in [0.15, 0.2) is 0 Å². The molecule has 0 bridgehead atoms. The maximum absolute atomic E-state index is 12.3. The van der Waals surface area contributed by atoms with Gasteiger partial charge in [-0.2, -0.15) is 13.2 Å². The molecule has 1 aromatic heterocycles. The summed E-state index contributed by atoms with van der Waals surface area (Å²) in [5.41, 5.74) is -0.672. The summed E-state index contributed by atoms with van der Waals surface area (Å²) in [6.45, 7) is 0. The standard InChI is InChI=1S/C7H6F3NS2/c1-12-13-6-5(7(8,9)10)3-2-4-11-6/h2-4H,1H3. The van der Waals surface area contributed by atoms with Crippen LogP contribution in [0, 0.1) is 0 Å². The quantitative estimate of drug-likeness (QED) is 0.715. The molecular weight excluding hydrogens is 219 g/mol. The SMILES string of the molecule is CSSc1ncccc1C(F)(F)F. The summed E-state index contributed by atoms with van der Waals surface area (Å²) in [4.78, 5) is 3.66. The highest BCUT2D eigenvalue weighted by molar-refractivity contribution is 8.76. The van der Waals surface area contributed by atoms with Crippen molar-refractivity contribution >= 4 is 21.6 Å². The van der Waals surface area contributed by atoms with Crippen molar-refractivity contribution in [3.05, 3.63) is 23.9 Å². The molecule has 0 atom stereocenters. The number of nitrogens with zero attached hydrogens (tertiary/aromatic N) is 1. The van der Waals surface area contributed by atoms with Crippen LogP contribution in [0.25, 0.3) is 0 Å². The Kier molecular flexibility index (Phi) is 3.49. The summed E-state index contributed by atoms with van der Waals surface area (Å²) < 4.78 is 36.9. The van der Waals surface area contributed by atoms with Gasteiger partial charge in [0.1, 0.15) is 5.03 Å². The fourth-order valence-corrected chi connectivity index (χ4v) is 2.16. The molecule has 6 heteroatoms. The lowest BCUT2D eigenvalue weighted by Crippen LogP contribution is -2.07. The van der Waals surface area contributed by atoms with Crippen LogP contribution in [0.15, 0.2) is 23.4 Å². The van der Waals surface area contributed by atoms with Gasteiger partial charge in [-0.1, -0.05) is 10.8 Å². The number of aromatic nitrogens is 1. The zero-order valence-electron chi connectivity index (χ0n) is 6.63. The molecule has 1 heterocycles. The van der Waals surface area contributed by atoms with Gasteiger partial charge in [-0.3, -0.25) is 0 Å². The van der Waals surface area contributed by atoms with E-state index in [1.54, 1.807) is 6.26 Å². The molecule has 1 rings (SSSR count). The molecule has 0 radical (unpaired) electrons. The van der Waals surface area contributed by atoms with Crippen LogP contribution in [0.3, 0.4) is 0 Å². The minimum atomic E-state index is -4.31. The van der Waals surface area contributed by atoms with E-state index < -0.39 is 11.7 Å². The third kappa shape index (κ3) is 2.80. The molecule has 0 unspecified atom stereocenters. The molecule has 0 aromatic carbocycles. The molecule has 0 aliphatic rings. The Morgan fingerprint density at radius 3 is 2.62 bits per heavy atom. The van der Waals surface area contributed by atoms with Crippen LogP contribution in [0.5, 0.6) is 0 Å². The van der Waals surface area contributed by atoms with E-state index in [-0.39, 0.29) is 5.03 Å². The van der Waals surface area contributed by atoms with Gasteiger partial charge in [0.2, 0.25) is 0 Å². The number of halogens is 3. The molecule has 0 N–H and O–H groups in total. The molecule has 13 heavy (non-hydrogen) atoms. The zero-order chi connectivity index (χ0) is 9.90. The smallest absolute Gasteiger partial charge is 0.248 e. The molecule has 0 fully saturated rings. The molecule has 1 aromatic rings. The molecule has 0 saturated heterocycles. The maximum Gasteiger partial charge on any atom is 0.419 e. The number of rotatable bonds is 2. The van der Waals surface area contributed by atoms with Crippen molar-refractivity contribution < 1.29 is 13.2 Å². The summed E-state index contributed by atoms with van der Waals surface area (Å²) in [5, 5.41) is 0.0162. The summed E-state index contributed by atoms with van der Waals surface area (Å²) in [6.07, 6.45) is -1.25. The first kappa shape index (κ1) is 10.7. The monoisotopic (exact) mass is 225 g/mol. The van der Waals surface area contributed by atoms with Crippen LogP contribution in [0.4, 0.5) is 13.2 Å². The highest BCUT2D eigenvalue weighted by Gasteiger charge is 2.33. The topological polar surface area (TPSA) is 12.9 Å². The van der Waals surface area contributed by atoms with E-state index in [4.69, 9.17) is 0 Å². The molecular formula is C7H6F3NS2. The fraction of sp³-hybridized carbons (Fsp3) is 0.286. The molecule has 0 spiro atoms. The summed E-state index contributed by atoms with van der Waals surface area (Å²) >= 11 is 0. The van der Waals surface area contributed by atoms with Gasteiger partial charge >= 0.3 is 6.18 Å². The van der Waals surface area contributed by atoms with Crippen molar-refractivity contribution in [2.45, 2.75) is 11.2 Å². The second-order valence-corrected chi connectivity index (χ2v) is 4.49. The third-order valence-electron chi connectivity index (χ3n) is 1.24. The highest BCUT2D eigenvalue weighted by atomic mass is 33.1. The van der Waals surface area contributed by atoms with Crippen molar-refractivity contribution in [2.75, 3.05) is 6.26 Å². The molecule has 1 nitrogen and oxygen atoms in total. The minimum Gasteiger partial charge on any atom is -0.248 e. The van der Waals surface area contributed by atoms with Gasteiger partial charge in [-0.15, -0.1) is 0 Å². The maximum atomic E-state index is 12.3. The summed E-state index contributed by atoms with van der Waals surface area (Å²) in [5.74, 6) is 0. The highest BCUT2D eigenvalue weighted by Crippen LogP contribution is 2.38. The normalized spacial score (nSPS) is 11.7. The first-order valence-corrected chi connectivity index (χ1v) is 5.84.